The molecule has 200 valence electrons. The van der Waals surface area contributed by atoms with Gasteiger partial charge in [-0.3, -0.25) is 4.90 Å². The molecule has 2 aliphatic rings. The molecule has 0 saturated carbocycles. The number of rotatable bonds is 6. The third-order valence-corrected chi connectivity index (χ3v) is 9.44. The molecule has 0 amide bonds. The molecule has 2 bridgehead atoms. The van der Waals surface area contributed by atoms with Crippen LogP contribution in [0.2, 0.25) is 0 Å². The highest BCUT2D eigenvalue weighted by molar-refractivity contribution is 5.85. The van der Waals surface area contributed by atoms with Crippen molar-refractivity contribution in [2.24, 2.45) is 5.92 Å². The van der Waals surface area contributed by atoms with Crippen LogP contribution in [-0.4, -0.2) is 34.0 Å². The van der Waals surface area contributed by atoms with Crippen LogP contribution in [0, 0.1) is 5.92 Å². The molecule has 1 aliphatic carbocycles. The Bertz CT molecular complexity index is 1650. The molecule has 0 N–H and O–H groups in total. The summed E-state index contributed by atoms with van der Waals surface area (Å²) >= 11 is 0. The maximum absolute atomic E-state index is 6.58. The summed E-state index contributed by atoms with van der Waals surface area (Å²) in [5.74, 6) is 2.70. The third-order valence-electron chi connectivity index (χ3n) is 9.44. The Kier molecular flexibility index (Phi) is 6.36. The number of piperidine rings is 1. The summed E-state index contributed by atoms with van der Waals surface area (Å²) < 4.78 is 6.58. The second kappa shape index (κ2) is 10.2. The van der Waals surface area contributed by atoms with E-state index in [1.807, 2.05) is 54.6 Å². The molecule has 1 aromatic heterocycles. The van der Waals surface area contributed by atoms with Gasteiger partial charge in [-0.05, 0) is 78.1 Å². The molecule has 4 heteroatoms. The fraction of sp³-hybridized carbons (Fsp3) is 0.278. The van der Waals surface area contributed by atoms with Crippen LogP contribution in [0.25, 0.3) is 22.3 Å². The van der Waals surface area contributed by atoms with Crippen LogP contribution in [-0.2, 0) is 18.3 Å². The number of benzene rings is 4. The lowest BCUT2D eigenvalue weighted by Crippen LogP contribution is -2.58. The average molecular weight is 526 g/mol. The lowest BCUT2D eigenvalue weighted by molar-refractivity contribution is 0.0322. The van der Waals surface area contributed by atoms with Crippen LogP contribution >= 0.6 is 0 Å². The minimum absolute atomic E-state index is 0.129. The molecule has 1 aliphatic heterocycles. The summed E-state index contributed by atoms with van der Waals surface area (Å²) in [7, 11) is 0. The lowest BCUT2D eigenvalue weighted by Gasteiger charge is -2.54. The molecule has 0 radical (unpaired) electrons. The first kappa shape index (κ1) is 25.0. The molecule has 0 spiro atoms. The van der Waals surface area contributed by atoms with Crippen LogP contribution in [0.1, 0.15) is 37.0 Å². The molecular weight excluding hydrogens is 490 g/mol. The zero-order valence-corrected chi connectivity index (χ0v) is 23.3. The van der Waals surface area contributed by atoms with Crippen molar-refractivity contribution in [3.8, 4) is 23.0 Å². The van der Waals surface area contributed by atoms with E-state index >= 15 is 0 Å². The zero-order chi connectivity index (χ0) is 27.1. The number of likely N-dealkylation sites (tertiary alicyclic amines) is 1. The van der Waals surface area contributed by atoms with E-state index in [9.17, 15) is 0 Å². The molecule has 4 aromatic carbocycles. The Morgan fingerprint density at radius 1 is 0.875 bits per heavy atom. The molecule has 2 heterocycles. The van der Waals surface area contributed by atoms with Gasteiger partial charge in [-0.15, -0.1) is 0 Å². The van der Waals surface area contributed by atoms with E-state index in [0.717, 1.165) is 54.6 Å². The van der Waals surface area contributed by atoms with Gasteiger partial charge in [-0.1, -0.05) is 92.7 Å². The van der Waals surface area contributed by atoms with Crippen molar-refractivity contribution in [2.75, 3.05) is 13.1 Å². The smallest absolute Gasteiger partial charge is 0.230 e. The van der Waals surface area contributed by atoms with E-state index < -0.39 is 0 Å². The molecule has 1 saturated heterocycles. The molecule has 1 fully saturated rings. The highest BCUT2D eigenvalue weighted by atomic mass is 16.5. The van der Waals surface area contributed by atoms with Crippen LogP contribution in [0.5, 0.6) is 11.6 Å². The number of hydrogen-bond donors (Lipinski definition) is 0. The molecular formula is C36H35N3O. The maximum Gasteiger partial charge on any atom is 0.230 e. The van der Waals surface area contributed by atoms with Crippen LogP contribution in [0.4, 0.5) is 0 Å². The second-order valence-corrected chi connectivity index (χ2v) is 11.7. The first-order valence-electron chi connectivity index (χ1n) is 14.5. The molecule has 7 rings (SSSR count). The fourth-order valence-electron chi connectivity index (χ4n) is 6.90. The van der Waals surface area contributed by atoms with Gasteiger partial charge in [0.1, 0.15) is 5.75 Å². The number of nitrogens with zero attached hydrogens (tertiary/aromatic N) is 3. The predicted octanol–water partition coefficient (Wildman–Crippen LogP) is 7.86. The lowest BCUT2D eigenvalue weighted by atomic mass is 9.59. The van der Waals surface area contributed by atoms with Gasteiger partial charge in [0.05, 0.1) is 10.9 Å². The zero-order valence-electron chi connectivity index (χ0n) is 23.3. The van der Waals surface area contributed by atoms with E-state index in [1.54, 1.807) is 0 Å². The van der Waals surface area contributed by atoms with Gasteiger partial charge < -0.3 is 4.74 Å². The first-order chi connectivity index (χ1) is 19.6. The molecule has 5 aromatic rings. The topological polar surface area (TPSA) is 38.3 Å². The van der Waals surface area contributed by atoms with Gasteiger partial charge in [0.15, 0.2) is 5.82 Å². The SMILES string of the molecule is C[C@H]1C2Cc3ccc(Oc4nc(-c5ccccc5)nc5ccccc45)cc3[C@@]1(C)CCN2CCc1ccccc1. The Morgan fingerprint density at radius 2 is 1.62 bits per heavy atom. The van der Waals surface area contributed by atoms with Crippen molar-refractivity contribution in [2.45, 2.75) is 44.6 Å². The molecule has 40 heavy (non-hydrogen) atoms. The number of hydrogen-bond acceptors (Lipinski definition) is 4. The Morgan fingerprint density at radius 3 is 2.45 bits per heavy atom. The first-order valence-corrected chi connectivity index (χ1v) is 14.5. The molecule has 1 unspecified atom stereocenters. The minimum Gasteiger partial charge on any atom is -0.438 e. The van der Waals surface area contributed by atoms with Crippen LogP contribution in [0.15, 0.2) is 103 Å². The van der Waals surface area contributed by atoms with Crippen molar-refractivity contribution in [1.82, 2.24) is 14.9 Å². The van der Waals surface area contributed by atoms with Crippen LogP contribution in [0.3, 0.4) is 0 Å². The van der Waals surface area contributed by atoms with Crippen molar-refractivity contribution in [1.29, 1.82) is 0 Å². The van der Waals surface area contributed by atoms with Crippen molar-refractivity contribution in [3.05, 3.63) is 120 Å². The summed E-state index contributed by atoms with van der Waals surface area (Å²) in [6.45, 7) is 7.18. The van der Waals surface area contributed by atoms with Gasteiger partial charge in [0, 0.05) is 18.2 Å². The quantitative estimate of drug-likeness (QED) is 0.226. The summed E-state index contributed by atoms with van der Waals surface area (Å²) in [6.07, 6.45) is 3.36. The van der Waals surface area contributed by atoms with Crippen molar-refractivity contribution < 1.29 is 4.74 Å². The highest BCUT2D eigenvalue weighted by Crippen LogP contribution is 2.49. The Hall–Kier alpha value is -4.02. The summed E-state index contributed by atoms with van der Waals surface area (Å²) in [6, 6.07) is 36.4. The molecule has 3 atom stereocenters. The largest absolute Gasteiger partial charge is 0.438 e. The van der Waals surface area contributed by atoms with Gasteiger partial charge in [0.2, 0.25) is 5.88 Å². The van der Waals surface area contributed by atoms with Gasteiger partial charge in [-0.25, -0.2) is 4.98 Å². The van der Waals surface area contributed by atoms with Gasteiger partial charge in [0.25, 0.3) is 0 Å². The van der Waals surface area contributed by atoms with E-state index in [4.69, 9.17) is 14.7 Å². The minimum atomic E-state index is 0.129. The monoisotopic (exact) mass is 525 g/mol. The van der Waals surface area contributed by atoms with Crippen molar-refractivity contribution in [3.63, 3.8) is 0 Å². The number of ether oxygens (including phenoxy) is 1. The van der Waals surface area contributed by atoms with E-state index in [2.05, 4.69) is 67.3 Å². The third kappa shape index (κ3) is 4.47. The van der Waals surface area contributed by atoms with E-state index in [-0.39, 0.29) is 5.41 Å². The van der Waals surface area contributed by atoms with Gasteiger partial charge in [-0.2, -0.15) is 4.98 Å². The summed E-state index contributed by atoms with van der Waals surface area (Å²) in [5.41, 5.74) is 6.32. The number of para-hydroxylation sites is 1. The Labute approximate surface area is 236 Å². The molecule has 4 nitrogen and oxygen atoms in total. The number of aromatic nitrogens is 2. The predicted molar refractivity (Wildman–Crippen MR) is 162 cm³/mol. The fourth-order valence-corrected chi connectivity index (χ4v) is 6.90. The maximum atomic E-state index is 6.58. The van der Waals surface area contributed by atoms with Crippen LogP contribution < -0.4 is 4.74 Å². The van der Waals surface area contributed by atoms with E-state index in [1.165, 1.54) is 16.7 Å². The standard InChI is InChI=1S/C36H35N3O/c1-25-33-23-28-17-18-29(24-31(28)36(25,2)20-22-39(33)21-19-26-11-5-3-6-12-26)40-35-30-15-9-10-16-32(30)37-34(38-35)27-13-7-4-8-14-27/h3-18,24-25,33H,19-23H2,1-2H3/t25-,33?,36-/m0/s1. The summed E-state index contributed by atoms with van der Waals surface area (Å²) in [5, 5.41) is 0.922. The number of fused-ring (bicyclic) bond motifs is 5. The average Bonchev–Trinajstić information content (AvgIpc) is 3.00. The van der Waals surface area contributed by atoms with Gasteiger partial charge >= 0.3 is 0 Å². The summed E-state index contributed by atoms with van der Waals surface area (Å²) in [4.78, 5) is 12.5. The second-order valence-electron chi connectivity index (χ2n) is 11.7. The Balaban J connectivity index is 1.18. The highest BCUT2D eigenvalue weighted by Gasteiger charge is 2.48. The normalized spacial score (nSPS) is 22.1. The van der Waals surface area contributed by atoms with Crippen molar-refractivity contribution >= 4 is 10.9 Å². The van der Waals surface area contributed by atoms with E-state index in [0.29, 0.717) is 23.7 Å².